The monoisotopic (exact) mass is 240 g/mol. The summed E-state index contributed by atoms with van der Waals surface area (Å²) in [6.07, 6.45) is 2.89. The van der Waals surface area contributed by atoms with Crippen LogP contribution in [0.4, 0.5) is 0 Å². The van der Waals surface area contributed by atoms with Crippen LogP contribution in [0.1, 0.15) is 47.0 Å². The van der Waals surface area contributed by atoms with E-state index in [1.54, 1.807) is 0 Å². The van der Waals surface area contributed by atoms with Crippen molar-refractivity contribution >= 4 is 5.78 Å². The van der Waals surface area contributed by atoms with Crippen LogP contribution in [0.15, 0.2) is 12.4 Å². The van der Waals surface area contributed by atoms with Crippen molar-refractivity contribution in [2.45, 2.75) is 47.0 Å². The molecule has 0 aliphatic carbocycles. The highest BCUT2D eigenvalue weighted by atomic mass is 16.1. The molecule has 0 rings (SSSR count). The van der Waals surface area contributed by atoms with Gasteiger partial charge in [-0.05, 0) is 25.2 Å². The summed E-state index contributed by atoms with van der Waals surface area (Å²) in [5.74, 6) is 1.80. The summed E-state index contributed by atoms with van der Waals surface area (Å²) in [7, 11) is 0. The molecule has 0 fully saturated rings. The van der Waals surface area contributed by atoms with Crippen LogP contribution < -0.4 is 11.1 Å². The molecule has 0 aliphatic rings. The van der Waals surface area contributed by atoms with Crippen LogP contribution in [-0.4, -0.2) is 12.3 Å². The molecule has 1 atom stereocenters. The van der Waals surface area contributed by atoms with Crippen LogP contribution in [0.3, 0.4) is 0 Å². The number of rotatable bonds is 9. The van der Waals surface area contributed by atoms with E-state index in [1.807, 2.05) is 13.8 Å². The number of hydrogen-bond donors (Lipinski definition) is 2. The average molecular weight is 240 g/mol. The van der Waals surface area contributed by atoms with E-state index < -0.39 is 0 Å². The van der Waals surface area contributed by atoms with Crippen molar-refractivity contribution in [3.05, 3.63) is 12.4 Å². The van der Waals surface area contributed by atoms with Gasteiger partial charge in [0, 0.05) is 18.4 Å². The zero-order chi connectivity index (χ0) is 13.4. The Hall–Kier alpha value is -0.990. The Bertz CT molecular complexity index is 247. The minimum Gasteiger partial charge on any atom is -0.386 e. The van der Waals surface area contributed by atoms with Gasteiger partial charge in [-0.25, -0.2) is 0 Å². The van der Waals surface area contributed by atoms with Gasteiger partial charge in [-0.2, -0.15) is 0 Å². The van der Waals surface area contributed by atoms with Crippen molar-refractivity contribution in [1.82, 2.24) is 5.32 Å². The largest absolute Gasteiger partial charge is 0.386 e. The van der Waals surface area contributed by atoms with Crippen molar-refractivity contribution in [3.63, 3.8) is 0 Å². The van der Waals surface area contributed by atoms with Crippen molar-refractivity contribution in [1.29, 1.82) is 0 Å². The van der Waals surface area contributed by atoms with E-state index in [9.17, 15) is 4.79 Å². The average Bonchev–Trinajstić information content (AvgIpc) is 2.20. The summed E-state index contributed by atoms with van der Waals surface area (Å²) >= 11 is 0. The van der Waals surface area contributed by atoms with Gasteiger partial charge in [0.1, 0.15) is 5.78 Å². The zero-order valence-corrected chi connectivity index (χ0v) is 11.8. The SMILES string of the molecule is C=C(N)NCCC[C@H](CC(C)C)C(=O)C(C)C. The lowest BCUT2D eigenvalue weighted by Crippen LogP contribution is -2.24. The van der Waals surface area contributed by atoms with Crippen molar-refractivity contribution in [2.75, 3.05) is 6.54 Å². The molecule has 3 N–H and O–H groups in total. The number of ketones is 1. The second-order valence-corrected chi connectivity index (χ2v) is 5.48. The molecule has 0 spiro atoms. The quantitative estimate of drug-likeness (QED) is 0.609. The Balaban J connectivity index is 4.11. The molecule has 3 nitrogen and oxygen atoms in total. The summed E-state index contributed by atoms with van der Waals surface area (Å²) in [4.78, 5) is 12.0. The van der Waals surface area contributed by atoms with Crippen LogP contribution >= 0.6 is 0 Å². The molecule has 0 saturated heterocycles. The summed E-state index contributed by atoms with van der Waals surface area (Å²) in [5, 5.41) is 2.99. The standard InChI is InChI=1S/C14H28N2O/c1-10(2)9-13(14(17)11(3)4)7-6-8-16-12(5)15/h10-11,13,16H,5-9,15H2,1-4H3/t13-/m1/s1. The molecular formula is C14H28N2O. The molecule has 0 aromatic rings. The molecule has 0 bridgehead atoms. The lowest BCUT2D eigenvalue weighted by Gasteiger charge is -2.20. The third-order valence-corrected chi connectivity index (χ3v) is 2.81. The Labute approximate surface area is 106 Å². The normalized spacial score (nSPS) is 12.8. The molecule has 0 amide bonds. The summed E-state index contributed by atoms with van der Waals surface area (Å²) in [6, 6.07) is 0. The van der Waals surface area contributed by atoms with Crippen LogP contribution in [-0.2, 0) is 4.79 Å². The molecule has 17 heavy (non-hydrogen) atoms. The van der Waals surface area contributed by atoms with Crippen LogP contribution in [0.2, 0.25) is 0 Å². The second-order valence-electron chi connectivity index (χ2n) is 5.48. The van der Waals surface area contributed by atoms with Gasteiger partial charge in [0.2, 0.25) is 0 Å². The van der Waals surface area contributed by atoms with Gasteiger partial charge in [-0.1, -0.05) is 34.3 Å². The molecule has 0 saturated carbocycles. The lowest BCUT2D eigenvalue weighted by atomic mass is 9.85. The van der Waals surface area contributed by atoms with Gasteiger partial charge in [-0.3, -0.25) is 4.79 Å². The molecule has 3 heteroatoms. The maximum atomic E-state index is 12.0. The van der Waals surface area contributed by atoms with Crippen LogP contribution in [0.25, 0.3) is 0 Å². The molecule has 0 unspecified atom stereocenters. The third-order valence-electron chi connectivity index (χ3n) is 2.81. The molecule has 0 aromatic carbocycles. The van der Waals surface area contributed by atoms with E-state index >= 15 is 0 Å². The molecule has 0 aromatic heterocycles. The molecule has 0 heterocycles. The van der Waals surface area contributed by atoms with E-state index in [4.69, 9.17) is 5.73 Å². The molecular weight excluding hydrogens is 212 g/mol. The van der Waals surface area contributed by atoms with Crippen LogP contribution in [0.5, 0.6) is 0 Å². The van der Waals surface area contributed by atoms with E-state index in [0.717, 1.165) is 25.8 Å². The number of nitrogens with one attached hydrogen (secondary N) is 1. The third kappa shape index (κ3) is 7.83. The van der Waals surface area contributed by atoms with Gasteiger partial charge < -0.3 is 11.1 Å². The van der Waals surface area contributed by atoms with E-state index in [-0.39, 0.29) is 11.8 Å². The first-order valence-electron chi connectivity index (χ1n) is 6.56. The number of carbonyl (C=O) groups excluding carboxylic acids is 1. The summed E-state index contributed by atoms with van der Waals surface area (Å²) < 4.78 is 0. The van der Waals surface area contributed by atoms with Gasteiger partial charge in [0.15, 0.2) is 0 Å². The summed E-state index contributed by atoms with van der Waals surface area (Å²) in [6.45, 7) is 12.7. The van der Waals surface area contributed by atoms with Crippen molar-refractivity contribution in [2.24, 2.45) is 23.5 Å². The first-order chi connectivity index (χ1) is 7.84. The Morgan fingerprint density at radius 1 is 1.29 bits per heavy atom. The maximum Gasteiger partial charge on any atom is 0.138 e. The highest BCUT2D eigenvalue weighted by Gasteiger charge is 2.21. The molecule has 100 valence electrons. The fraction of sp³-hybridized carbons (Fsp3) is 0.786. The minimum absolute atomic E-state index is 0.135. The Morgan fingerprint density at radius 2 is 1.88 bits per heavy atom. The fourth-order valence-corrected chi connectivity index (χ4v) is 2.01. The van der Waals surface area contributed by atoms with Gasteiger partial charge in [0.25, 0.3) is 0 Å². The van der Waals surface area contributed by atoms with E-state index in [2.05, 4.69) is 25.7 Å². The predicted molar refractivity (Wildman–Crippen MR) is 73.4 cm³/mol. The van der Waals surface area contributed by atoms with E-state index in [0.29, 0.717) is 17.5 Å². The molecule has 0 aliphatic heterocycles. The lowest BCUT2D eigenvalue weighted by molar-refractivity contribution is -0.126. The van der Waals surface area contributed by atoms with Gasteiger partial charge in [0.05, 0.1) is 5.82 Å². The Morgan fingerprint density at radius 3 is 2.29 bits per heavy atom. The van der Waals surface area contributed by atoms with Crippen molar-refractivity contribution in [3.8, 4) is 0 Å². The first kappa shape index (κ1) is 16.0. The van der Waals surface area contributed by atoms with Gasteiger partial charge in [-0.15, -0.1) is 0 Å². The minimum atomic E-state index is 0.135. The second kappa shape index (κ2) is 8.15. The summed E-state index contributed by atoms with van der Waals surface area (Å²) in [5.41, 5.74) is 5.43. The number of carbonyl (C=O) groups is 1. The maximum absolute atomic E-state index is 12.0. The van der Waals surface area contributed by atoms with Crippen LogP contribution in [0, 0.1) is 17.8 Å². The predicted octanol–water partition coefficient (Wildman–Crippen LogP) is 2.67. The number of Topliss-reactive ketones (excluding diaryl/α,β-unsaturated/α-hetero) is 1. The van der Waals surface area contributed by atoms with Gasteiger partial charge >= 0.3 is 0 Å². The smallest absolute Gasteiger partial charge is 0.138 e. The highest BCUT2D eigenvalue weighted by molar-refractivity contribution is 5.82. The highest BCUT2D eigenvalue weighted by Crippen LogP contribution is 2.21. The topological polar surface area (TPSA) is 55.1 Å². The number of hydrogen-bond acceptors (Lipinski definition) is 3. The zero-order valence-electron chi connectivity index (χ0n) is 11.8. The van der Waals surface area contributed by atoms with Crippen molar-refractivity contribution < 1.29 is 4.79 Å². The Kier molecular flexibility index (Phi) is 7.68. The number of nitrogens with two attached hydrogens (primary N) is 1. The fourth-order valence-electron chi connectivity index (χ4n) is 2.01. The molecule has 0 radical (unpaired) electrons. The van der Waals surface area contributed by atoms with E-state index in [1.165, 1.54) is 0 Å². The first-order valence-corrected chi connectivity index (χ1v) is 6.56.